The van der Waals surface area contributed by atoms with Gasteiger partial charge in [0.2, 0.25) is 5.91 Å². The summed E-state index contributed by atoms with van der Waals surface area (Å²) in [4.78, 5) is 45.7. The Morgan fingerprint density at radius 1 is 1.09 bits per heavy atom. The number of benzene rings is 1. The largest absolute Gasteiger partial charge is 0.372 e. The third kappa shape index (κ3) is 4.40. The fourth-order valence-electron chi connectivity index (χ4n) is 4.22. The molecule has 3 amide bonds. The third-order valence-corrected chi connectivity index (χ3v) is 5.44. The number of hydrogen-bond acceptors (Lipinski definition) is 6. The normalized spacial score (nSPS) is 21.3. The summed E-state index contributed by atoms with van der Waals surface area (Å²) in [6, 6.07) is 10.6. The van der Waals surface area contributed by atoms with Gasteiger partial charge in [-0.1, -0.05) is 18.2 Å². The number of aromatic nitrogens is 1. The van der Waals surface area contributed by atoms with Crippen LogP contribution in [0.3, 0.4) is 0 Å². The van der Waals surface area contributed by atoms with Gasteiger partial charge in [-0.05, 0) is 43.2 Å². The summed E-state index contributed by atoms with van der Waals surface area (Å²) in [5, 5.41) is 2.72. The van der Waals surface area contributed by atoms with Crippen LogP contribution in [-0.2, 0) is 25.7 Å². The molecule has 2 atom stereocenters. The summed E-state index contributed by atoms with van der Waals surface area (Å²) < 4.78 is 5.83. The van der Waals surface area contributed by atoms with E-state index in [1.54, 1.807) is 42.7 Å². The molecule has 1 aromatic carbocycles. The van der Waals surface area contributed by atoms with Gasteiger partial charge in [0.05, 0.1) is 24.3 Å². The number of nitrogens with one attached hydrogen (secondary N) is 1. The van der Waals surface area contributed by atoms with Crippen molar-refractivity contribution in [3.8, 4) is 0 Å². The van der Waals surface area contributed by atoms with Crippen LogP contribution in [0.2, 0.25) is 0 Å². The maximum absolute atomic E-state index is 13.5. The van der Waals surface area contributed by atoms with Gasteiger partial charge in [0.15, 0.2) is 0 Å². The van der Waals surface area contributed by atoms with Gasteiger partial charge in [0, 0.05) is 38.1 Å². The van der Waals surface area contributed by atoms with E-state index in [1.807, 2.05) is 24.8 Å². The monoisotopic (exact) mass is 434 g/mol. The minimum atomic E-state index is -0.340. The van der Waals surface area contributed by atoms with Crippen molar-refractivity contribution in [1.82, 2.24) is 14.8 Å². The standard InChI is InChI=1S/C24H26N4O4/c1-15-12-27(13-16(2)32-15)22-21(19-6-8-20(9-7-19)26-17(3)29)23(30)28(24(22)31)14-18-5-4-10-25-11-18/h4-11,15-16H,12-14H2,1-3H3,(H,26,29). The summed E-state index contributed by atoms with van der Waals surface area (Å²) in [5.74, 6) is -0.835. The van der Waals surface area contributed by atoms with Crippen LogP contribution in [0, 0.1) is 0 Å². The van der Waals surface area contributed by atoms with Crippen LogP contribution in [0.15, 0.2) is 54.5 Å². The van der Waals surface area contributed by atoms with Gasteiger partial charge in [0.25, 0.3) is 11.8 Å². The lowest BCUT2D eigenvalue weighted by Gasteiger charge is -2.37. The lowest BCUT2D eigenvalue weighted by molar-refractivity contribution is -0.139. The Morgan fingerprint density at radius 3 is 2.38 bits per heavy atom. The molecule has 4 rings (SSSR count). The molecule has 0 spiro atoms. The van der Waals surface area contributed by atoms with E-state index in [-0.39, 0.29) is 36.5 Å². The molecular weight excluding hydrogens is 408 g/mol. The van der Waals surface area contributed by atoms with Crippen LogP contribution >= 0.6 is 0 Å². The van der Waals surface area contributed by atoms with Crippen LogP contribution in [0.1, 0.15) is 31.9 Å². The Bertz CT molecular complexity index is 1060. The molecule has 2 aliphatic heterocycles. The van der Waals surface area contributed by atoms with E-state index in [2.05, 4.69) is 10.3 Å². The molecule has 0 radical (unpaired) electrons. The molecule has 3 heterocycles. The number of rotatable bonds is 5. The minimum absolute atomic E-state index is 0.0649. The molecule has 8 nitrogen and oxygen atoms in total. The molecule has 32 heavy (non-hydrogen) atoms. The van der Waals surface area contributed by atoms with E-state index in [1.165, 1.54) is 11.8 Å². The van der Waals surface area contributed by atoms with Gasteiger partial charge >= 0.3 is 0 Å². The number of amides is 3. The van der Waals surface area contributed by atoms with Crippen LogP contribution in [0.5, 0.6) is 0 Å². The molecular formula is C24H26N4O4. The zero-order chi connectivity index (χ0) is 22.8. The first-order valence-electron chi connectivity index (χ1n) is 10.6. The topological polar surface area (TPSA) is 91.8 Å². The number of hydrogen-bond donors (Lipinski definition) is 1. The number of imide groups is 1. The highest BCUT2D eigenvalue weighted by molar-refractivity contribution is 6.35. The van der Waals surface area contributed by atoms with Gasteiger partial charge in [-0.2, -0.15) is 0 Å². The number of ether oxygens (including phenoxy) is 1. The van der Waals surface area contributed by atoms with Crippen LogP contribution in [0.25, 0.3) is 5.57 Å². The SMILES string of the molecule is CC(=O)Nc1ccc(C2=C(N3CC(C)OC(C)C3)C(=O)N(Cc3cccnc3)C2=O)cc1. The van der Waals surface area contributed by atoms with E-state index in [0.29, 0.717) is 35.6 Å². The average molecular weight is 434 g/mol. The molecule has 8 heteroatoms. The number of anilines is 1. The minimum Gasteiger partial charge on any atom is -0.372 e. The van der Waals surface area contributed by atoms with Crippen molar-refractivity contribution >= 4 is 29.0 Å². The molecule has 0 aliphatic carbocycles. The number of carbonyl (C=O) groups excluding carboxylic acids is 3. The van der Waals surface area contributed by atoms with E-state index in [0.717, 1.165) is 5.56 Å². The Balaban J connectivity index is 1.73. The average Bonchev–Trinajstić information content (AvgIpc) is 2.99. The summed E-state index contributed by atoms with van der Waals surface area (Å²) in [7, 11) is 0. The third-order valence-electron chi connectivity index (χ3n) is 5.44. The van der Waals surface area contributed by atoms with Crippen molar-refractivity contribution in [2.24, 2.45) is 0 Å². The van der Waals surface area contributed by atoms with Crippen molar-refractivity contribution in [2.45, 2.75) is 39.5 Å². The highest BCUT2D eigenvalue weighted by atomic mass is 16.5. The molecule has 0 bridgehead atoms. The Kier molecular flexibility index (Phi) is 6.05. The molecule has 1 saturated heterocycles. The van der Waals surface area contributed by atoms with Gasteiger partial charge in [0.1, 0.15) is 5.70 Å². The molecule has 2 aromatic rings. The van der Waals surface area contributed by atoms with E-state index in [9.17, 15) is 14.4 Å². The molecule has 1 fully saturated rings. The van der Waals surface area contributed by atoms with Crippen molar-refractivity contribution in [3.05, 3.63) is 65.6 Å². The smallest absolute Gasteiger partial charge is 0.278 e. The molecule has 1 aromatic heterocycles. The molecule has 2 aliphatic rings. The van der Waals surface area contributed by atoms with E-state index < -0.39 is 0 Å². The zero-order valence-corrected chi connectivity index (χ0v) is 18.4. The van der Waals surface area contributed by atoms with Crippen LogP contribution in [0.4, 0.5) is 5.69 Å². The lowest BCUT2D eigenvalue weighted by Crippen LogP contribution is -2.46. The predicted molar refractivity (Wildman–Crippen MR) is 119 cm³/mol. The number of nitrogens with zero attached hydrogens (tertiary/aromatic N) is 3. The predicted octanol–water partition coefficient (Wildman–Crippen LogP) is 2.43. The zero-order valence-electron chi connectivity index (χ0n) is 18.4. The summed E-state index contributed by atoms with van der Waals surface area (Å²) in [6.07, 6.45) is 3.17. The summed E-state index contributed by atoms with van der Waals surface area (Å²) >= 11 is 0. The molecule has 166 valence electrons. The maximum Gasteiger partial charge on any atom is 0.278 e. The fourth-order valence-corrected chi connectivity index (χ4v) is 4.22. The second-order valence-electron chi connectivity index (χ2n) is 8.20. The highest BCUT2D eigenvalue weighted by Gasteiger charge is 2.43. The van der Waals surface area contributed by atoms with Crippen molar-refractivity contribution < 1.29 is 19.1 Å². The van der Waals surface area contributed by atoms with Crippen molar-refractivity contribution in [2.75, 3.05) is 18.4 Å². The number of morpholine rings is 1. The summed E-state index contributed by atoms with van der Waals surface area (Å²) in [6.45, 7) is 6.54. The number of pyridine rings is 1. The van der Waals surface area contributed by atoms with Gasteiger partial charge < -0.3 is 15.0 Å². The molecule has 1 N–H and O–H groups in total. The quantitative estimate of drug-likeness (QED) is 0.727. The van der Waals surface area contributed by atoms with E-state index in [4.69, 9.17) is 4.74 Å². The Hall–Kier alpha value is -3.52. The van der Waals surface area contributed by atoms with E-state index >= 15 is 0 Å². The second-order valence-corrected chi connectivity index (χ2v) is 8.20. The van der Waals surface area contributed by atoms with Crippen molar-refractivity contribution in [3.63, 3.8) is 0 Å². The first kappa shape index (κ1) is 21.7. The summed E-state index contributed by atoms with van der Waals surface area (Å²) in [5.41, 5.74) is 2.80. The van der Waals surface area contributed by atoms with Crippen molar-refractivity contribution in [1.29, 1.82) is 0 Å². The maximum atomic E-state index is 13.5. The van der Waals surface area contributed by atoms with Crippen LogP contribution in [-0.4, -0.2) is 57.8 Å². The lowest BCUT2D eigenvalue weighted by atomic mass is 10.0. The molecule has 2 unspecified atom stereocenters. The van der Waals surface area contributed by atoms with Crippen LogP contribution < -0.4 is 5.32 Å². The number of carbonyl (C=O) groups is 3. The fraction of sp³-hybridized carbons (Fsp3) is 0.333. The first-order valence-corrected chi connectivity index (χ1v) is 10.6. The van der Waals surface area contributed by atoms with Gasteiger partial charge in [-0.25, -0.2) is 0 Å². The van der Waals surface area contributed by atoms with Gasteiger partial charge in [-0.15, -0.1) is 0 Å². The Labute approximate surface area is 186 Å². The highest BCUT2D eigenvalue weighted by Crippen LogP contribution is 2.34. The molecule has 0 saturated carbocycles. The second kappa shape index (κ2) is 8.92. The first-order chi connectivity index (χ1) is 15.3. The van der Waals surface area contributed by atoms with Gasteiger partial charge in [-0.3, -0.25) is 24.3 Å². The Morgan fingerprint density at radius 2 is 1.78 bits per heavy atom.